The van der Waals surface area contributed by atoms with Crippen molar-refractivity contribution in [3.63, 3.8) is 0 Å². The van der Waals surface area contributed by atoms with E-state index in [1.807, 2.05) is 30.3 Å². The first kappa shape index (κ1) is 26.3. The highest BCUT2D eigenvalue weighted by atomic mass is 19.4. The van der Waals surface area contributed by atoms with Gasteiger partial charge in [0, 0.05) is 22.9 Å². The minimum absolute atomic E-state index is 0.0972. The van der Waals surface area contributed by atoms with Crippen LogP contribution in [0.5, 0.6) is 5.75 Å². The Labute approximate surface area is 225 Å². The molecule has 0 fully saturated rings. The molecule has 2 heterocycles. The first-order chi connectivity index (χ1) is 19.3. The molecule has 1 N–H and O–H groups in total. The third kappa shape index (κ3) is 6.05. The lowest BCUT2D eigenvalue weighted by Crippen LogP contribution is -2.17. The molecule has 0 unspecified atom stereocenters. The Bertz CT molecular complexity index is 1770. The number of halogens is 4. The molecule has 40 heavy (non-hydrogen) atoms. The van der Waals surface area contributed by atoms with Crippen molar-refractivity contribution in [3.8, 4) is 40.4 Å². The zero-order chi connectivity index (χ0) is 28.1. The van der Waals surface area contributed by atoms with E-state index in [-0.39, 0.29) is 17.3 Å². The molecule has 198 valence electrons. The number of benzene rings is 3. The SMILES string of the molecule is O=c1nc(-c2ccc(C#Cc3ccccc3)cc2)nc(-c2c(OCc3ncccc3F)cccc2C(F)(F)F)[nH]1. The number of alkyl halides is 3. The molecule has 0 radical (unpaired) electrons. The number of H-pyrrole nitrogens is 1. The van der Waals surface area contributed by atoms with E-state index in [4.69, 9.17) is 4.74 Å². The van der Waals surface area contributed by atoms with Gasteiger partial charge in [-0.25, -0.2) is 14.2 Å². The van der Waals surface area contributed by atoms with E-state index in [2.05, 4.69) is 31.8 Å². The zero-order valence-corrected chi connectivity index (χ0v) is 20.5. The van der Waals surface area contributed by atoms with Crippen LogP contribution in [-0.2, 0) is 12.8 Å². The maximum atomic E-state index is 14.0. The number of hydrogen-bond donors (Lipinski definition) is 1. The zero-order valence-electron chi connectivity index (χ0n) is 20.5. The highest BCUT2D eigenvalue weighted by Crippen LogP contribution is 2.41. The van der Waals surface area contributed by atoms with Gasteiger partial charge < -0.3 is 4.74 Å². The third-order valence-electron chi connectivity index (χ3n) is 5.69. The number of nitrogens with one attached hydrogen (secondary N) is 1. The van der Waals surface area contributed by atoms with Crippen LogP contribution >= 0.6 is 0 Å². The summed E-state index contributed by atoms with van der Waals surface area (Å²) in [6.45, 7) is -0.450. The second kappa shape index (κ2) is 11.2. The van der Waals surface area contributed by atoms with Crippen LogP contribution in [0, 0.1) is 17.7 Å². The summed E-state index contributed by atoms with van der Waals surface area (Å²) < 4.78 is 61.7. The average molecular weight is 542 g/mol. The van der Waals surface area contributed by atoms with Gasteiger partial charge in [-0.15, -0.1) is 0 Å². The summed E-state index contributed by atoms with van der Waals surface area (Å²) in [6, 6.07) is 21.8. The smallest absolute Gasteiger partial charge is 0.417 e. The van der Waals surface area contributed by atoms with E-state index >= 15 is 0 Å². The van der Waals surface area contributed by atoms with E-state index in [1.165, 1.54) is 18.3 Å². The summed E-state index contributed by atoms with van der Waals surface area (Å²) >= 11 is 0. The molecule has 10 heteroatoms. The second-order valence-corrected chi connectivity index (χ2v) is 8.42. The van der Waals surface area contributed by atoms with Gasteiger partial charge in [0.25, 0.3) is 0 Å². The molecule has 6 nitrogen and oxygen atoms in total. The molecule has 5 rings (SSSR count). The average Bonchev–Trinajstić information content (AvgIpc) is 2.95. The Balaban J connectivity index is 1.52. The number of hydrogen-bond acceptors (Lipinski definition) is 5. The van der Waals surface area contributed by atoms with Crippen molar-refractivity contribution < 1.29 is 22.3 Å². The van der Waals surface area contributed by atoms with E-state index in [0.717, 1.165) is 23.8 Å². The first-order valence-electron chi connectivity index (χ1n) is 11.9. The molecule has 0 aliphatic rings. The van der Waals surface area contributed by atoms with E-state index in [9.17, 15) is 22.4 Å². The summed E-state index contributed by atoms with van der Waals surface area (Å²) in [4.78, 5) is 26.7. The molecule has 0 saturated carbocycles. The quantitative estimate of drug-likeness (QED) is 0.217. The summed E-state index contributed by atoms with van der Waals surface area (Å²) in [7, 11) is 0. The van der Waals surface area contributed by atoms with Gasteiger partial charge in [0.05, 0.1) is 11.1 Å². The van der Waals surface area contributed by atoms with Crippen LogP contribution in [0.2, 0.25) is 0 Å². The molecule has 0 atom stereocenters. The van der Waals surface area contributed by atoms with Crippen LogP contribution in [0.1, 0.15) is 22.4 Å². The fourth-order valence-electron chi connectivity index (χ4n) is 3.80. The lowest BCUT2D eigenvalue weighted by atomic mass is 10.0. The predicted octanol–water partition coefficient (Wildman–Crippen LogP) is 6.03. The summed E-state index contributed by atoms with van der Waals surface area (Å²) in [5, 5.41) is 0. The van der Waals surface area contributed by atoms with Crippen molar-refractivity contribution in [1.29, 1.82) is 0 Å². The number of aromatic nitrogens is 4. The largest absolute Gasteiger partial charge is 0.486 e. The second-order valence-electron chi connectivity index (χ2n) is 8.42. The van der Waals surface area contributed by atoms with Crippen molar-refractivity contribution in [2.75, 3.05) is 0 Å². The summed E-state index contributed by atoms with van der Waals surface area (Å²) in [5.41, 5.74) is -0.723. The van der Waals surface area contributed by atoms with Gasteiger partial charge in [-0.2, -0.15) is 18.2 Å². The van der Waals surface area contributed by atoms with Crippen LogP contribution in [0.25, 0.3) is 22.8 Å². The lowest BCUT2D eigenvalue weighted by molar-refractivity contribution is -0.137. The molecule has 0 saturated heterocycles. The topological polar surface area (TPSA) is 80.8 Å². The van der Waals surface area contributed by atoms with Crippen LogP contribution in [0.3, 0.4) is 0 Å². The molecule has 0 amide bonds. The minimum Gasteiger partial charge on any atom is -0.486 e. The normalized spacial score (nSPS) is 11.0. The molecule has 0 aliphatic heterocycles. The van der Waals surface area contributed by atoms with Crippen LogP contribution < -0.4 is 10.4 Å². The van der Waals surface area contributed by atoms with Gasteiger partial charge in [0.15, 0.2) is 5.82 Å². The van der Waals surface area contributed by atoms with Crippen molar-refractivity contribution in [2.45, 2.75) is 12.8 Å². The molecule has 3 aromatic carbocycles. The number of rotatable bonds is 5. The van der Waals surface area contributed by atoms with Gasteiger partial charge in [0.1, 0.15) is 29.7 Å². The molecule has 0 spiro atoms. The first-order valence-corrected chi connectivity index (χ1v) is 11.9. The maximum Gasteiger partial charge on any atom is 0.417 e. The fourth-order valence-corrected chi connectivity index (χ4v) is 3.80. The van der Waals surface area contributed by atoms with Crippen LogP contribution in [0.4, 0.5) is 17.6 Å². The minimum atomic E-state index is -4.81. The van der Waals surface area contributed by atoms with Crippen molar-refractivity contribution >= 4 is 0 Å². The Kier molecular flexibility index (Phi) is 7.37. The van der Waals surface area contributed by atoms with Gasteiger partial charge in [-0.05, 0) is 60.7 Å². The summed E-state index contributed by atoms with van der Waals surface area (Å²) in [5.74, 6) is 4.59. The number of aromatic amines is 1. The monoisotopic (exact) mass is 542 g/mol. The van der Waals surface area contributed by atoms with Crippen LogP contribution in [-0.4, -0.2) is 19.9 Å². The Hall–Kier alpha value is -5.30. The molecular weight excluding hydrogens is 524 g/mol. The number of nitrogens with zero attached hydrogens (tertiary/aromatic N) is 3. The fraction of sp³-hybridized carbons (Fsp3) is 0.0667. The predicted molar refractivity (Wildman–Crippen MR) is 139 cm³/mol. The molecule has 0 bridgehead atoms. The highest BCUT2D eigenvalue weighted by Gasteiger charge is 2.36. The maximum absolute atomic E-state index is 14.0. The van der Waals surface area contributed by atoms with Crippen molar-refractivity contribution in [1.82, 2.24) is 19.9 Å². The van der Waals surface area contributed by atoms with E-state index in [1.54, 1.807) is 24.3 Å². The van der Waals surface area contributed by atoms with Gasteiger partial charge >= 0.3 is 11.9 Å². The molecule has 2 aromatic heterocycles. The molecular formula is C30H18F4N4O2. The third-order valence-corrected chi connectivity index (χ3v) is 5.69. The Morgan fingerprint density at radius 1 is 0.825 bits per heavy atom. The van der Waals surface area contributed by atoms with Gasteiger partial charge in [-0.1, -0.05) is 36.1 Å². The Morgan fingerprint density at radius 3 is 2.25 bits per heavy atom. The van der Waals surface area contributed by atoms with Gasteiger partial charge in [0.2, 0.25) is 0 Å². The van der Waals surface area contributed by atoms with Crippen LogP contribution in [0.15, 0.2) is 95.9 Å². The lowest BCUT2D eigenvalue weighted by Gasteiger charge is -2.17. The highest BCUT2D eigenvalue weighted by molar-refractivity contribution is 5.71. The van der Waals surface area contributed by atoms with Crippen molar-refractivity contribution in [2.24, 2.45) is 0 Å². The number of pyridine rings is 1. The summed E-state index contributed by atoms with van der Waals surface area (Å²) in [6.07, 6.45) is -3.48. The van der Waals surface area contributed by atoms with Gasteiger partial charge in [-0.3, -0.25) is 9.97 Å². The van der Waals surface area contributed by atoms with E-state index in [0.29, 0.717) is 11.1 Å². The standard InChI is InChI=1S/C30H18F4N4O2/c31-23-9-5-17-35-24(23)18-40-25-10-4-8-22(30(32,33)34)26(25)28-36-27(37-29(39)38-28)21-15-13-20(14-16-21)12-11-19-6-2-1-3-7-19/h1-10,13-17H,18H2,(H,36,37,38,39). The number of ether oxygens (including phenoxy) is 1. The Morgan fingerprint density at radius 2 is 1.55 bits per heavy atom. The molecule has 5 aromatic rings. The molecule has 0 aliphatic carbocycles. The van der Waals surface area contributed by atoms with E-state index < -0.39 is 41.2 Å². The van der Waals surface area contributed by atoms with Crippen molar-refractivity contribution in [3.05, 3.63) is 130 Å².